The molecule has 0 amide bonds. The van der Waals surface area contributed by atoms with Crippen molar-refractivity contribution < 1.29 is 4.79 Å². The van der Waals surface area contributed by atoms with E-state index in [1.807, 2.05) is 18.4 Å². The minimum absolute atomic E-state index is 0.214. The summed E-state index contributed by atoms with van der Waals surface area (Å²) in [5, 5.41) is 10.1. The highest BCUT2D eigenvalue weighted by Crippen LogP contribution is 2.29. The van der Waals surface area contributed by atoms with E-state index in [0.29, 0.717) is 32.4 Å². The summed E-state index contributed by atoms with van der Waals surface area (Å²) in [6.07, 6.45) is 0. The van der Waals surface area contributed by atoms with Crippen LogP contribution in [0.15, 0.2) is 48.5 Å². The zero-order chi connectivity index (χ0) is 18.1. The van der Waals surface area contributed by atoms with E-state index >= 15 is 0 Å². The fourth-order valence-electron chi connectivity index (χ4n) is 2.92. The van der Waals surface area contributed by atoms with Gasteiger partial charge in [-0.2, -0.15) is 5.26 Å². The first-order valence-corrected chi connectivity index (χ1v) is 8.38. The van der Waals surface area contributed by atoms with E-state index in [4.69, 9.17) is 23.2 Å². The van der Waals surface area contributed by atoms with Crippen molar-refractivity contribution in [3.05, 3.63) is 86.7 Å². The SMILES string of the molecule is Cc1cc(C#N)c(C)n1-c1ccc(Cl)cc1C(=O)c1ccccc1Cl. The lowest BCUT2D eigenvalue weighted by Crippen LogP contribution is -2.10. The molecule has 5 heteroatoms. The molecule has 0 aliphatic carbocycles. The number of benzene rings is 2. The summed E-state index contributed by atoms with van der Waals surface area (Å²) in [6.45, 7) is 3.75. The van der Waals surface area contributed by atoms with Crippen LogP contribution in [0.4, 0.5) is 0 Å². The topological polar surface area (TPSA) is 45.8 Å². The second-order valence-corrected chi connectivity index (χ2v) is 6.55. The van der Waals surface area contributed by atoms with Crippen LogP contribution < -0.4 is 0 Å². The Morgan fingerprint density at radius 2 is 1.76 bits per heavy atom. The highest BCUT2D eigenvalue weighted by molar-refractivity contribution is 6.35. The Labute approximate surface area is 156 Å². The van der Waals surface area contributed by atoms with Crippen molar-refractivity contribution in [2.24, 2.45) is 0 Å². The quantitative estimate of drug-likeness (QED) is 0.572. The number of halogens is 2. The predicted molar refractivity (Wildman–Crippen MR) is 99.9 cm³/mol. The molecule has 0 unspecified atom stereocenters. The van der Waals surface area contributed by atoms with Crippen LogP contribution in [0.2, 0.25) is 10.0 Å². The molecule has 0 radical (unpaired) electrons. The summed E-state index contributed by atoms with van der Waals surface area (Å²) in [5.74, 6) is -0.214. The number of hydrogen-bond donors (Lipinski definition) is 0. The molecule has 0 fully saturated rings. The second kappa shape index (κ2) is 6.76. The molecular weight excluding hydrogens is 355 g/mol. The third kappa shape index (κ3) is 3.07. The summed E-state index contributed by atoms with van der Waals surface area (Å²) < 4.78 is 1.89. The summed E-state index contributed by atoms with van der Waals surface area (Å²) in [6, 6.07) is 16.0. The Hall–Kier alpha value is -2.54. The van der Waals surface area contributed by atoms with Crippen LogP contribution in [0.3, 0.4) is 0 Å². The van der Waals surface area contributed by atoms with Crippen molar-refractivity contribution in [2.45, 2.75) is 13.8 Å². The highest BCUT2D eigenvalue weighted by atomic mass is 35.5. The van der Waals surface area contributed by atoms with Crippen LogP contribution in [-0.2, 0) is 0 Å². The number of aryl methyl sites for hydroxylation is 1. The van der Waals surface area contributed by atoms with Crippen molar-refractivity contribution in [1.29, 1.82) is 5.26 Å². The number of carbonyl (C=O) groups is 1. The van der Waals surface area contributed by atoms with Gasteiger partial charge >= 0.3 is 0 Å². The summed E-state index contributed by atoms with van der Waals surface area (Å²) in [5.41, 5.74) is 3.73. The van der Waals surface area contributed by atoms with E-state index < -0.39 is 0 Å². The molecule has 124 valence electrons. The van der Waals surface area contributed by atoms with Crippen LogP contribution in [-0.4, -0.2) is 10.4 Å². The zero-order valence-corrected chi connectivity index (χ0v) is 15.2. The van der Waals surface area contributed by atoms with Gasteiger partial charge in [0, 0.05) is 27.5 Å². The second-order valence-electron chi connectivity index (χ2n) is 5.70. The van der Waals surface area contributed by atoms with E-state index in [1.165, 1.54) is 0 Å². The standard InChI is InChI=1S/C20H14Cl2N2O/c1-12-9-14(11-23)13(2)24(12)19-8-7-15(21)10-17(19)20(25)16-5-3-4-6-18(16)22/h3-10H,1-2H3. The average molecular weight is 369 g/mol. The highest BCUT2D eigenvalue weighted by Gasteiger charge is 2.20. The van der Waals surface area contributed by atoms with E-state index in [2.05, 4.69) is 6.07 Å². The molecule has 0 aliphatic rings. The third-order valence-electron chi connectivity index (χ3n) is 4.11. The van der Waals surface area contributed by atoms with Crippen LogP contribution in [0, 0.1) is 25.2 Å². The molecule has 3 aromatic rings. The van der Waals surface area contributed by atoms with Crippen molar-refractivity contribution >= 4 is 29.0 Å². The number of carbonyl (C=O) groups excluding carboxylic acids is 1. The predicted octanol–water partition coefficient (Wildman–Crippen LogP) is 5.50. The van der Waals surface area contributed by atoms with E-state index in [-0.39, 0.29) is 5.78 Å². The van der Waals surface area contributed by atoms with Gasteiger partial charge in [0.15, 0.2) is 5.78 Å². The maximum absolute atomic E-state index is 13.1. The number of nitriles is 1. The van der Waals surface area contributed by atoms with Crippen LogP contribution in [0.5, 0.6) is 0 Å². The first-order valence-electron chi connectivity index (χ1n) is 7.62. The maximum Gasteiger partial charge on any atom is 0.196 e. The van der Waals surface area contributed by atoms with Crippen LogP contribution in [0.25, 0.3) is 5.69 Å². The zero-order valence-electron chi connectivity index (χ0n) is 13.7. The fraction of sp³-hybridized carbons (Fsp3) is 0.100. The van der Waals surface area contributed by atoms with Gasteiger partial charge in [-0.15, -0.1) is 0 Å². The van der Waals surface area contributed by atoms with Gasteiger partial charge in [0.1, 0.15) is 6.07 Å². The summed E-state index contributed by atoms with van der Waals surface area (Å²) >= 11 is 12.3. The molecule has 2 aromatic carbocycles. The molecule has 0 spiro atoms. The van der Waals surface area contributed by atoms with Gasteiger partial charge in [-0.25, -0.2) is 0 Å². The molecule has 0 bridgehead atoms. The average Bonchev–Trinajstić information content (AvgIpc) is 2.88. The molecule has 0 saturated carbocycles. The largest absolute Gasteiger partial charge is 0.316 e. The minimum Gasteiger partial charge on any atom is -0.316 e. The Balaban J connectivity index is 2.25. The molecule has 0 N–H and O–H groups in total. The van der Waals surface area contributed by atoms with Gasteiger partial charge in [-0.3, -0.25) is 4.79 Å². The van der Waals surface area contributed by atoms with Gasteiger partial charge in [0.2, 0.25) is 0 Å². The van der Waals surface area contributed by atoms with Gasteiger partial charge in [-0.1, -0.05) is 35.3 Å². The molecule has 3 nitrogen and oxygen atoms in total. The van der Waals surface area contributed by atoms with Gasteiger partial charge in [-0.05, 0) is 50.2 Å². The van der Waals surface area contributed by atoms with Crippen molar-refractivity contribution in [3.63, 3.8) is 0 Å². The molecule has 25 heavy (non-hydrogen) atoms. The molecule has 1 aromatic heterocycles. The lowest BCUT2D eigenvalue weighted by Gasteiger charge is -2.15. The fourth-order valence-corrected chi connectivity index (χ4v) is 3.32. The van der Waals surface area contributed by atoms with Crippen molar-refractivity contribution in [3.8, 4) is 11.8 Å². The van der Waals surface area contributed by atoms with E-state index in [0.717, 1.165) is 11.4 Å². The van der Waals surface area contributed by atoms with Crippen molar-refractivity contribution in [1.82, 2.24) is 4.57 Å². The Kier molecular flexibility index (Phi) is 4.67. The van der Waals surface area contributed by atoms with E-state index in [1.54, 1.807) is 48.5 Å². The summed E-state index contributed by atoms with van der Waals surface area (Å²) in [7, 11) is 0. The molecule has 1 heterocycles. The first-order chi connectivity index (χ1) is 11.9. The van der Waals surface area contributed by atoms with Gasteiger partial charge in [0.25, 0.3) is 0 Å². The number of hydrogen-bond acceptors (Lipinski definition) is 2. The maximum atomic E-state index is 13.1. The monoisotopic (exact) mass is 368 g/mol. The smallest absolute Gasteiger partial charge is 0.196 e. The molecule has 0 saturated heterocycles. The van der Waals surface area contributed by atoms with Gasteiger partial charge in [0.05, 0.1) is 16.3 Å². The number of nitrogens with zero attached hydrogens (tertiary/aromatic N) is 2. The Morgan fingerprint density at radius 3 is 2.40 bits per heavy atom. The molecule has 3 rings (SSSR count). The number of rotatable bonds is 3. The van der Waals surface area contributed by atoms with Crippen molar-refractivity contribution in [2.75, 3.05) is 0 Å². The number of ketones is 1. The normalized spacial score (nSPS) is 10.5. The van der Waals surface area contributed by atoms with E-state index in [9.17, 15) is 10.1 Å². The lowest BCUT2D eigenvalue weighted by molar-refractivity contribution is 0.103. The van der Waals surface area contributed by atoms with Gasteiger partial charge < -0.3 is 4.57 Å². The summed E-state index contributed by atoms with van der Waals surface area (Å²) in [4.78, 5) is 13.1. The molecular formula is C20H14Cl2N2O. The minimum atomic E-state index is -0.214. The lowest BCUT2D eigenvalue weighted by atomic mass is 10.0. The molecule has 0 atom stereocenters. The first kappa shape index (κ1) is 17.3. The third-order valence-corrected chi connectivity index (χ3v) is 4.68. The van der Waals surface area contributed by atoms with Crippen LogP contribution >= 0.6 is 23.2 Å². The molecule has 0 aliphatic heterocycles. The Morgan fingerprint density at radius 1 is 1.04 bits per heavy atom. The number of aromatic nitrogens is 1. The Bertz CT molecular complexity index is 1030. The van der Waals surface area contributed by atoms with Crippen LogP contribution in [0.1, 0.15) is 32.9 Å².